The topological polar surface area (TPSA) is 192 Å². The maximum Gasteiger partial charge on any atom is 0.315 e. The summed E-state index contributed by atoms with van der Waals surface area (Å²) in [5.74, 6) is -1.15. The summed E-state index contributed by atoms with van der Waals surface area (Å²) in [6, 6.07) is 11.5. The molecule has 0 aliphatic carbocycles. The molecular formula is C19H14FN5O7S2. The first kappa shape index (κ1) is 23.2. The first-order chi connectivity index (χ1) is 15.9. The van der Waals surface area contributed by atoms with E-state index in [1.807, 2.05) is 0 Å². The van der Waals surface area contributed by atoms with Crippen molar-refractivity contribution in [3.05, 3.63) is 60.7 Å². The number of halogens is 1. The molecular weight excluding hydrogens is 493 g/mol. The van der Waals surface area contributed by atoms with Crippen molar-refractivity contribution in [1.82, 2.24) is 15.0 Å². The molecule has 5 N–H and O–H groups in total. The van der Waals surface area contributed by atoms with E-state index in [4.69, 9.17) is 0 Å². The number of phenols is 1. The van der Waals surface area contributed by atoms with Gasteiger partial charge in [-0.25, -0.2) is 0 Å². The van der Waals surface area contributed by atoms with Crippen LogP contribution >= 0.6 is 0 Å². The Bertz CT molecular complexity index is 1650. The van der Waals surface area contributed by atoms with Crippen LogP contribution in [0.5, 0.6) is 5.75 Å². The summed E-state index contributed by atoms with van der Waals surface area (Å²) < 4.78 is 79.4. The van der Waals surface area contributed by atoms with E-state index in [9.17, 15) is 35.4 Å². The fourth-order valence-electron chi connectivity index (χ4n) is 3.13. The van der Waals surface area contributed by atoms with Gasteiger partial charge in [0.2, 0.25) is 11.9 Å². The zero-order valence-electron chi connectivity index (χ0n) is 16.7. The van der Waals surface area contributed by atoms with Gasteiger partial charge in [0, 0.05) is 5.39 Å². The standard InChI is InChI=1S/C19H14FN5O7S2/c20-17-23-18(21-12-5-1-2-7-15(12)34(30,31)32)25-19(24-17)22-13-9-11(33(27,28)29)8-10-4-3-6-14(26)16(10)13/h1-9,26H,(H,27,28,29)(H,30,31,32)(H2,21,22,23,24,25). The van der Waals surface area contributed by atoms with Crippen LogP contribution in [0.15, 0.2) is 64.4 Å². The quantitative estimate of drug-likeness (QED) is 0.240. The lowest BCUT2D eigenvalue weighted by Gasteiger charge is -2.13. The normalized spacial score (nSPS) is 12.0. The molecule has 176 valence electrons. The number of rotatable bonds is 6. The lowest BCUT2D eigenvalue weighted by Crippen LogP contribution is -2.09. The fraction of sp³-hybridized carbons (Fsp3) is 0. The summed E-state index contributed by atoms with van der Waals surface area (Å²) in [6.45, 7) is 0. The second-order valence-electron chi connectivity index (χ2n) is 6.79. The smallest absolute Gasteiger partial charge is 0.315 e. The second-order valence-corrected chi connectivity index (χ2v) is 9.61. The predicted molar refractivity (Wildman–Crippen MR) is 118 cm³/mol. The first-order valence-corrected chi connectivity index (χ1v) is 12.1. The van der Waals surface area contributed by atoms with Crippen LogP contribution in [-0.4, -0.2) is 46.0 Å². The highest BCUT2D eigenvalue weighted by atomic mass is 32.2. The van der Waals surface area contributed by atoms with Crippen molar-refractivity contribution in [2.24, 2.45) is 0 Å². The Morgan fingerprint density at radius 1 is 0.765 bits per heavy atom. The Kier molecular flexibility index (Phi) is 5.78. The van der Waals surface area contributed by atoms with Crippen molar-refractivity contribution in [2.75, 3.05) is 10.6 Å². The molecule has 12 nitrogen and oxygen atoms in total. The van der Waals surface area contributed by atoms with Crippen molar-refractivity contribution in [2.45, 2.75) is 9.79 Å². The van der Waals surface area contributed by atoms with Gasteiger partial charge in [-0.15, -0.1) is 0 Å². The average molecular weight is 507 g/mol. The largest absolute Gasteiger partial charge is 0.507 e. The van der Waals surface area contributed by atoms with E-state index < -0.39 is 48.0 Å². The van der Waals surface area contributed by atoms with E-state index in [0.29, 0.717) is 0 Å². The summed E-state index contributed by atoms with van der Waals surface area (Å²) in [6.07, 6.45) is -1.29. The summed E-state index contributed by atoms with van der Waals surface area (Å²) >= 11 is 0. The molecule has 0 saturated heterocycles. The van der Waals surface area contributed by atoms with Crippen molar-refractivity contribution in [3.8, 4) is 5.75 Å². The van der Waals surface area contributed by atoms with Gasteiger partial charge in [0.05, 0.1) is 16.3 Å². The molecule has 0 unspecified atom stereocenters. The maximum atomic E-state index is 14.1. The van der Waals surface area contributed by atoms with E-state index in [1.165, 1.54) is 36.4 Å². The van der Waals surface area contributed by atoms with Crippen LogP contribution < -0.4 is 10.6 Å². The van der Waals surface area contributed by atoms with Gasteiger partial charge >= 0.3 is 6.08 Å². The highest BCUT2D eigenvalue weighted by Crippen LogP contribution is 2.35. The molecule has 0 amide bonds. The lowest BCUT2D eigenvalue weighted by atomic mass is 10.1. The van der Waals surface area contributed by atoms with Crippen LogP contribution in [0.1, 0.15) is 0 Å². The monoisotopic (exact) mass is 507 g/mol. The number of hydrogen-bond donors (Lipinski definition) is 5. The van der Waals surface area contributed by atoms with Crippen molar-refractivity contribution in [3.63, 3.8) is 0 Å². The first-order valence-electron chi connectivity index (χ1n) is 9.17. The Balaban J connectivity index is 1.79. The minimum absolute atomic E-state index is 0.0851. The third-order valence-electron chi connectivity index (χ3n) is 4.49. The maximum absolute atomic E-state index is 14.1. The molecule has 0 spiro atoms. The number of anilines is 4. The van der Waals surface area contributed by atoms with Gasteiger partial charge in [-0.3, -0.25) is 9.11 Å². The average Bonchev–Trinajstić information content (AvgIpc) is 2.72. The number of phenolic OH excluding ortho intramolecular Hbond substituents is 1. The van der Waals surface area contributed by atoms with Gasteiger partial charge in [-0.2, -0.15) is 36.2 Å². The Morgan fingerprint density at radius 3 is 2.06 bits per heavy atom. The second kappa shape index (κ2) is 8.45. The van der Waals surface area contributed by atoms with Gasteiger partial charge in [0.25, 0.3) is 20.2 Å². The minimum atomic E-state index is -4.64. The number of aromatic nitrogens is 3. The number of nitrogens with zero attached hydrogens (tertiary/aromatic N) is 3. The van der Waals surface area contributed by atoms with E-state index >= 15 is 0 Å². The fourth-order valence-corrected chi connectivity index (χ4v) is 4.32. The third-order valence-corrected chi connectivity index (χ3v) is 6.24. The van der Waals surface area contributed by atoms with Crippen LogP contribution in [0.25, 0.3) is 10.8 Å². The van der Waals surface area contributed by atoms with Crippen LogP contribution in [0.2, 0.25) is 0 Å². The molecule has 15 heteroatoms. The molecule has 0 aliphatic heterocycles. The minimum Gasteiger partial charge on any atom is -0.507 e. The van der Waals surface area contributed by atoms with E-state index in [2.05, 4.69) is 25.6 Å². The predicted octanol–water partition coefficient (Wildman–Crippen LogP) is 2.85. The molecule has 3 aromatic carbocycles. The van der Waals surface area contributed by atoms with Gasteiger partial charge in [-0.1, -0.05) is 24.3 Å². The number of benzene rings is 3. The highest BCUT2D eigenvalue weighted by Gasteiger charge is 2.19. The van der Waals surface area contributed by atoms with E-state index in [1.54, 1.807) is 0 Å². The van der Waals surface area contributed by atoms with Crippen LogP contribution in [0.3, 0.4) is 0 Å². The molecule has 0 saturated carbocycles. The molecule has 1 aromatic heterocycles. The molecule has 4 rings (SSSR count). The molecule has 0 radical (unpaired) electrons. The Hall–Kier alpha value is -3.92. The van der Waals surface area contributed by atoms with Crippen LogP contribution in [-0.2, 0) is 20.2 Å². The van der Waals surface area contributed by atoms with Crippen molar-refractivity contribution < 1.29 is 35.4 Å². The van der Waals surface area contributed by atoms with Crippen LogP contribution in [0.4, 0.5) is 27.7 Å². The summed E-state index contributed by atoms with van der Waals surface area (Å²) in [5.41, 5.74) is -0.240. The summed E-state index contributed by atoms with van der Waals surface area (Å²) in [7, 11) is -9.26. The SMILES string of the molecule is O=S(=O)(O)c1cc(Nc2nc(F)nc(Nc3ccccc3S(=O)(=O)O)n2)c2c(O)cccc2c1. The zero-order valence-corrected chi connectivity index (χ0v) is 18.3. The summed E-state index contributed by atoms with van der Waals surface area (Å²) in [5, 5.41) is 15.6. The molecule has 34 heavy (non-hydrogen) atoms. The number of hydrogen-bond acceptors (Lipinski definition) is 10. The summed E-state index contributed by atoms with van der Waals surface area (Å²) in [4.78, 5) is 9.80. The van der Waals surface area contributed by atoms with E-state index in [-0.39, 0.29) is 27.9 Å². The third kappa shape index (κ3) is 4.86. The molecule has 0 aliphatic rings. The van der Waals surface area contributed by atoms with Crippen molar-refractivity contribution >= 4 is 54.3 Å². The zero-order chi connectivity index (χ0) is 24.7. The number of para-hydroxylation sites is 1. The molecule has 4 aromatic rings. The Morgan fingerprint density at radius 2 is 1.41 bits per heavy atom. The number of fused-ring (bicyclic) bond motifs is 1. The molecule has 0 atom stereocenters. The van der Waals surface area contributed by atoms with Gasteiger partial charge in [0.1, 0.15) is 10.6 Å². The molecule has 0 fully saturated rings. The molecule has 1 heterocycles. The van der Waals surface area contributed by atoms with Gasteiger partial charge < -0.3 is 15.7 Å². The Labute approximate surface area is 191 Å². The highest BCUT2D eigenvalue weighted by molar-refractivity contribution is 7.86. The van der Waals surface area contributed by atoms with Crippen molar-refractivity contribution in [1.29, 1.82) is 0 Å². The molecule has 0 bridgehead atoms. The van der Waals surface area contributed by atoms with Gasteiger partial charge in [0.15, 0.2) is 0 Å². The number of aromatic hydroxyl groups is 1. The number of nitrogens with one attached hydrogen (secondary N) is 2. The van der Waals surface area contributed by atoms with Gasteiger partial charge in [-0.05, 0) is 35.7 Å². The van der Waals surface area contributed by atoms with Crippen LogP contribution in [0, 0.1) is 6.08 Å². The van der Waals surface area contributed by atoms with E-state index in [0.717, 1.165) is 18.2 Å². The lowest BCUT2D eigenvalue weighted by molar-refractivity contribution is 0.480.